The predicted octanol–water partition coefficient (Wildman–Crippen LogP) is 3.63. The molecule has 270 valence electrons. The van der Waals surface area contributed by atoms with E-state index in [9.17, 15) is 9.59 Å². The van der Waals surface area contributed by atoms with Crippen LogP contribution in [0.2, 0.25) is 0 Å². The summed E-state index contributed by atoms with van der Waals surface area (Å²) >= 11 is 0. The summed E-state index contributed by atoms with van der Waals surface area (Å²) in [5.41, 5.74) is 7.62. The Morgan fingerprint density at radius 1 is 1.00 bits per heavy atom. The molecule has 2 aliphatic heterocycles. The highest BCUT2D eigenvalue weighted by molar-refractivity contribution is 6.39. The number of para-hydroxylation sites is 1. The lowest BCUT2D eigenvalue weighted by Gasteiger charge is -2.50. The lowest BCUT2D eigenvalue weighted by Crippen LogP contribution is -2.60. The summed E-state index contributed by atoms with van der Waals surface area (Å²) < 4.78 is 5.43. The number of amides is 2. The van der Waals surface area contributed by atoms with Crippen LogP contribution in [0.15, 0.2) is 67.1 Å². The molecular formula is C37H39B2N13O2. The second-order valence-corrected chi connectivity index (χ2v) is 14.2. The number of aromatic nitrogens is 8. The number of anilines is 4. The molecule has 8 rings (SSSR count). The van der Waals surface area contributed by atoms with Crippen molar-refractivity contribution in [2.75, 3.05) is 49.8 Å². The molecule has 54 heavy (non-hydrogen) atoms. The van der Waals surface area contributed by atoms with Crippen molar-refractivity contribution in [2.45, 2.75) is 37.7 Å². The van der Waals surface area contributed by atoms with Gasteiger partial charge in [-0.15, -0.1) is 0 Å². The molecular weight excluding hydrogens is 680 g/mol. The molecule has 5 aromatic heterocycles. The number of rotatable bonds is 9. The zero-order valence-corrected chi connectivity index (χ0v) is 31.0. The number of aryl methyl sites for hydroxylation is 2. The summed E-state index contributed by atoms with van der Waals surface area (Å²) in [4.78, 5) is 40.5. The Morgan fingerprint density at radius 3 is 2.50 bits per heavy atom. The number of hydrogen-bond acceptors (Lipinski definition) is 10. The van der Waals surface area contributed by atoms with Gasteiger partial charge in [-0.05, 0) is 36.9 Å². The van der Waals surface area contributed by atoms with E-state index in [0.717, 1.165) is 40.3 Å². The van der Waals surface area contributed by atoms with Crippen LogP contribution in [-0.4, -0.2) is 111 Å². The van der Waals surface area contributed by atoms with Gasteiger partial charge in [0.05, 0.1) is 68.5 Å². The molecule has 2 amide bonds. The monoisotopic (exact) mass is 719 g/mol. The highest BCUT2D eigenvalue weighted by Gasteiger charge is 2.43. The number of pyridine rings is 1. The van der Waals surface area contributed by atoms with E-state index in [-0.39, 0.29) is 23.9 Å². The third kappa shape index (κ3) is 5.88. The maximum atomic E-state index is 13.0. The first-order chi connectivity index (χ1) is 25.8. The molecule has 15 nitrogen and oxygen atoms in total. The lowest BCUT2D eigenvalue weighted by atomic mass is 9.57. The van der Waals surface area contributed by atoms with E-state index in [1.807, 2.05) is 36.2 Å². The van der Waals surface area contributed by atoms with Gasteiger partial charge in [0.2, 0.25) is 0 Å². The van der Waals surface area contributed by atoms with Gasteiger partial charge in [0.1, 0.15) is 17.3 Å². The van der Waals surface area contributed by atoms with Crippen LogP contribution in [-0.2, 0) is 12.4 Å². The summed E-state index contributed by atoms with van der Waals surface area (Å²) in [5.74, 6) is 0.491. The number of hydrogen-bond donors (Lipinski definition) is 2. The standard InChI is InChI=1S/C37H39B2N13O2/c1-7-28-34-25(17-41-51(34)23-19-50(20-23)37(38,39)29-13-9-12-27(42-29)36(54)47(3)4)24-10-8-11-26(33(24)49(28)6)43-32-15-30(44-31-14-21(2)46-52(31)32)45-35(53)22-16-40-48(5)18-22/h8-18,23,28,43H,7,19-20H2,1-6H3,(H,44,45,53). The fourth-order valence-electron chi connectivity index (χ4n) is 7.44. The van der Waals surface area contributed by atoms with Crippen LogP contribution in [0.4, 0.5) is 23.0 Å². The van der Waals surface area contributed by atoms with Gasteiger partial charge < -0.3 is 25.3 Å². The molecule has 0 saturated carbocycles. The van der Waals surface area contributed by atoms with Crippen molar-refractivity contribution in [1.82, 2.24) is 48.9 Å². The van der Waals surface area contributed by atoms with Crippen LogP contribution in [0.3, 0.4) is 0 Å². The molecule has 2 aliphatic rings. The van der Waals surface area contributed by atoms with E-state index in [1.54, 1.807) is 60.8 Å². The highest BCUT2D eigenvalue weighted by atomic mass is 16.2. The Bertz CT molecular complexity index is 2430. The molecule has 7 heterocycles. The van der Waals surface area contributed by atoms with E-state index < -0.39 is 5.34 Å². The maximum absolute atomic E-state index is 13.0. The topological polar surface area (TPSA) is 147 Å². The van der Waals surface area contributed by atoms with Gasteiger partial charge in [-0.25, -0.2) is 9.97 Å². The number of carbonyl (C=O) groups is 2. The van der Waals surface area contributed by atoms with Crippen LogP contribution in [0, 0.1) is 6.92 Å². The van der Waals surface area contributed by atoms with Crippen molar-refractivity contribution in [3.05, 3.63) is 95.5 Å². The number of fused-ring (bicyclic) bond motifs is 4. The summed E-state index contributed by atoms with van der Waals surface area (Å²) in [6.45, 7) is 5.19. The largest absolute Gasteiger partial charge is 0.364 e. The zero-order chi connectivity index (χ0) is 38.1. The van der Waals surface area contributed by atoms with Gasteiger partial charge in [-0.3, -0.25) is 19.0 Å². The molecule has 1 saturated heterocycles. The fraction of sp³-hybridized carbons (Fsp3) is 0.324. The van der Waals surface area contributed by atoms with Crippen molar-refractivity contribution in [1.29, 1.82) is 0 Å². The summed E-state index contributed by atoms with van der Waals surface area (Å²) in [6, 6.07) is 15.0. The van der Waals surface area contributed by atoms with Gasteiger partial charge in [-0.1, -0.05) is 25.1 Å². The van der Waals surface area contributed by atoms with Gasteiger partial charge in [0.25, 0.3) is 11.8 Å². The quantitative estimate of drug-likeness (QED) is 0.213. The summed E-state index contributed by atoms with van der Waals surface area (Å²) in [6.07, 6.45) is 5.94. The zero-order valence-electron chi connectivity index (χ0n) is 31.0. The average Bonchev–Trinajstić information content (AvgIpc) is 3.86. The molecule has 1 aromatic carbocycles. The molecule has 1 atom stereocenters. The smallest absolute Gasteiger partial charge is 0.271 e. The molecule has 0 bridgehead atoms. The second kappa shape index (κ2) is 13.2. The Morgan fingerprint density at radius 2 is 1.78 bits per heavy atom. The first-order valence-electron chi connectivity index (χ1n) is 17.7. The summed E-state index contributed by atoms with van der Waals surface area (Å²) in [7, 11) is 20.6. The number of likely N-dealkylation sites (tertiary alicyclic amines) is 1. The van der Waals surface area contributed by atoms with E-state index in [4.69, 9.17) is 20.8 Å². The predicted molar refractivity (Wildman–Crippen MR) is 207 cm³/mol. The van der Waals surface area contributed by atoms with E-state index in [2.05, 4.69) is 60.4 Å². The number of nitrogens with one attached hydrogen (secondary N) is 2. The number of nitrogens with zero attached hydrogens (tertiary/aromatic N) is 11. The van der Waals surface area contributed by atoms with Crippen molar-refractivity contribution >= 4 is 56.2 Å². The molecule has 1 fully saturated rings. The van der Waals surface area contributed by atoms with Crippen LogP contribution >= 0.6 is 0 Å². The summed E-state index contributed by atoms with van der Waals surface area (Å²) in [5, 5.41) is 18.9. The van der Waals surface area contributed by atoms with Crippen molar-refractivity contribution in [3.63, 3.8) is 0 Å². The molecule has 17 heteroatoms. The first-order valence-corrected chi connectivity index (χ1v) is 17.7. The van der Waals surface area contributed by atoms with Gasteiger partial charge in [0.15, 0.2) is 5.65 Å². The van der Waals surface area contributed by atoms with Crippen LogP contribution in [0.25, 0.3) is 16.8 Å². The molecule has 0 aliphatic carbocycles. The van der Waals surface area contributed by atoms with E-state index in [1.165, 1.54) is 11.1 Å². The van der Waals surface area contributed by atoms with Crippen molar-refractivity contribution in [2.24, 2.45) is 7.05 Å². The SMILES string of the molecule is [B]C([B])(c1cccc(C(=O)N(C)C)n1)N1CC(n2ncc3c2C(CC)N(C)c2c(Nc4cc(NC(=O)c5cnn(C)c5)nc5cc(C)nn45)cccc2-3)C1. The molecule has 4 radical (unpaired) electrons. The fourth-order valence-corrected chi connectivity index (χ4v) is 7.44. The lowest BCUT2D eigenvalue weighted by molar-refractivity contribution is 0.0612. The van der Waals surface area contributed by atoms with Gasteiger partial charge in [0, 0.05) is 76.4 Å². The van der Waals surface area contributed by atoms with E-state index in [0.29, 0.717) is 47.3 Å². The minimum absolute atomic E-state index is 0.0154. The molecule has 1 unspecified atom stereocenters. The highest BCUT2D eigenvalue weighted by Crippen LogP contribution is 2.50. The molecule has 6 aromatic rings. The van der Waals surface area contributed by atoms with Crippen LogP contribution < -0.4 is 15.5 Å². The number of benzene rings is 1. The Hall–Kier alpha value is -5.96. The third-order valence-corrected chi connectivity index (χ3v) is 10.2. The van der Waals surface area contributed by atoms with Gasteiger partial charge in [-0.2, -0.15) is 19.8 Å². The minimum Gasteiger partial charge on any atom is -0.364 e. The first kappa shape index (κ1) is 35.1. The normalized spacial score (nSPS) is 15.8. The average molecular weight is 719 g/mol. The second-order valence-electron chi connectivity index (χ2n) is 14.2. The third-order valence-electron chi connectivity index (χ3n) is 10.2. The Kier molecular flexibility index (Phi) is 8.55. The Labute approximate surface area is 315 Å². The van der Waals surface area contributed by atoms with E-state index >= 15 is 0 Å². The molecule has 0 spiro atoms. The minimum atomic E-state index is -1.37. The molecule has 2 N–H and O–H groups in total. The Balaban J connectivity index is 1.09. The number of carbonyl (C=O) groups excluding carboxylic acids is 2. The van der Waals surface area contributed by atoms with Crippen LogP contribution in [0.5, 0.6) is 0 Å². The van der Waals surface area contributed by atoms with Crippen molar-refractivity contribution < 1.29 is 9.59 Å². The van der Waals surface area contributed by atoms with Gasteiger partial charge >= 0.3 is 0 Å². The van der Waals surface area contributed by atoms with Crippen LogP contribution in [0.1, 0.15) is 63.4 Å². The maximum Gasteiger partial charge on any atom is 0.271 e. The van der Waals surface area contributed by atoms with Crippen molar-refractivity contribution in [3.8, 4) is 11.1 Å².